The number of aliphatic carboxylic acids is 1. The second kappa shape index (κ2) is 7.99. The van der Waals surface area contributed by atoms with Crippen molar-refractivity contribution in [3.63, 3.8) is 0 Å². The van der Waals surface area contributed by atoms with Crippen LogP contribution in [0.1, 0.15) is 43.8 Å². The first-order chi connectivity index (χ1) is 9.43. The van der Waals surface area contributed by atoms with Crippen LogP contribution in [0.25, 0.3) is 0 Å². The van der Waals surface area contributed by atoms with Gasteiger partial charge in [0.1, 0.15) is 6.54 Å². The number of thiazole rings is 1. The third-order valence-electron chi connectivity index (χ3n) is 3.24. The second-order valence-corrected chi connectivity index (χ2v) is 5.95. The van der Waals surface area contributed by atoms with Crippen LogP contribution in [0, 0.1) is 6.92 Å². The van der Waals surface area contributed by atoms with E-state index in [1.54, 1.807) is 11.3 Å². The fourth-order valence-electron chi connectivity index (χ4n) is 1.94. The van der Waals surface area contributed by atoms with E-state index in [4.69, 9.17) is 5.11 Å². The summed E-state index contributed by atoms with van der Waals surface area (Å²) in [5.74, 6) is -1.05. The monoisotopic (exact) mass is 298 g/mol. The van der Waals surface area contributed by atoms with Crippen molar-refractivity contribution < 1.29 is 14.7 Å². The van der Waals surface area contributed by atoms with Gasteiger partial charge in [0.2, 0.25) is 5.91 Å². The van der Waals surface area contributed by atoms with Gasteiger partial charge in [0.25, 0.3) is 0 Å². The number of aryl methyl sites for hydroxylation is 2. The predicted molar refractivity (Wildman–Crippen MR) is 78.9 cm³/mol. The Hall–Kier alpha value is -1.43. The van der Waals surface area contributed by atoms with Crippen molar-refractivity contribution in [2.24, 2.45) is 0 Å². The van der Waals surface area contributed by atoms with Gasteiger partial charge >= 0.3 is 5.97 Å². The van der Waals surface area contributed by atoms with Crippen molar-refractivity contribution in [2.75, 3.05) is 6.54 Å². The quantitative estimate of drug-likeness (QED) is 0.800. The molecule has 1 atom stereocenters. The molecule has 1 N–H and O–H groups in total. The summed E-state index contributed by atoms with van der Waals surface area (Å²) >= 11 is 1.60. The van der Waals surface area contributed by atoms with E-state index < -0.39 is 5.97 Å². The number of nitrogens with zero attached hydrogens (tertiary/aromatic N) is 2. The largest absolute Gasteiger partial charge is 0.480 e. The van der Waals surface area contributed by atoms with Gasteiger partial charge in [0, 0.05) is 17.8 Å². The van der Waals surface area contributed by atoms with Gasteiger partial charge in [-0.1, -0.05) is 6.92 Å². The number of hydrogen-bond donors (Lipinski definition) is 1. The molecule has 0 aromatic carbocycles. The highest BCUT2D eigenvalue weighted by Crippen LogP contribution is 2.12. The molecule has 112 valence electrons. The van der Waals surface area contributed by atoms with Crippen LogP contribution in [-0.4, -0.2) is 39.5 Å². The lowest BCUT2D eigenvalue weighted by Gasteiger charge is -2.27. The molecular weight excluding hydrogens is 276 g/mol. The third kappa shape index (κ3) is 5.28. The molecule has 0 bridgehead atoms. The zero-order valence-electron chi connectivity index (χ0n) is 12.3. The number of carboxylic acid groups (broad SMARTS) is 1. The number of carbonyl (C=O) groups is 2. The van der Waals surface area contributed by atoms with E-state index in [1.807, 2.05) is 26.2 Å². The van der Waals surface area contributed by atoms with Crippen LogP contribution in [0.15, 0.2) is 5.38 Å². The minimum Gasteiger partial charge on any atom is -0.480 e. The molecule has 20 heavy (non-hydrogen) atoms. The highest BCUT2D eigenvalue weighted by molar-refractivity contribution is 7.09. The first-order valence-corrected chi connectivity index (χ1v) is 7.74. The molecule has 6 heteroatoms. The Morgan fingerprint density at radius 3 is 2.70 bits per heavy atom. The fourth-order valence-corrected chi connectivity index (χ4v) is 2.59. The number of rotatable bonds is 8. The average Bonchev–Trinajstić information content (AvgIpc) is 2.80. The molecule has 1 aromatic heterocycles. The molecule has 0 saturated carbocycles. The van der Waals surface area contributed by atoms with Crippen molar-refractivity contribution >= 4 is 23.2 Å². The molecule has 0 aliphatic heterocycles. The van der Waals surface area contributed by atoms with Gasteiger partial charge in [0.05, 0.1) is 10.7 Å². The molecule has 0 aliphatic rings. The van der Waals surface area contributed by atoms with E-state index in [2.05, 4.69) is 4.98 Å². The Morgan fingerprint density at radius 2 is 2.20 bits per heavy atom. The van der Waals surface area contributed by atoms with E-state index >= 15 is 0 Å². The molecule has 1 heterocycles. The van der Waals surface area contributed by atoms with Gasteiger partial charge in [-0.3, -0.25) is 9.59 Å². The number of hydrogen-bond acceptors (Lipinski definition) is 4. The van der Waals surface area contributed by atoms with Crippen molar-refractivity contribution in [2.45, 2.75) is 52.5 Å². The van der Waals surface area contributed by atoms with Crippen LogP contribution in [0.4, 0.5) is 0 Å². The minimum atomic E-state index is -0.964. The summed E-state index contributed by atoms with van der Waals surface area (Å²) in [5, 5.41) is 11.9. The zero-order valence-corrected chi connectivity index (χ0v) is 13.1. The molecule has 1 aromatic rings. The number of amides is 1. The fraction of sp³-hybridized carbons (Fsp3) is 0.643. The molecular formula is C14H22N2O3S. The van der Waals surface area contributed by atoms with Crippen LogP contribution in [0.3, 0.4) is 0 Å². The number of carbonyl (C=O) groups excluding carboxylic acids is 1. The number of aromatic nitrogens is 1. The standard InChI is InChI=1S/C14H22N2O3S/c1-4-10(2)16(8-14(18)19)13(17)7-5-6-12-9-20-11(3)15-12/h9-10H,4-8H2,1-3H3,(H,18,19). The maximum atomic E-state index is 12.1. The lowest BCUT2D eigenvalue weighted by Crippen LogP contribution is -2.41. The highest BCUT2D eigenvalue weighted by atomic mass is 32.1. The lowest BCUT2D eigenvalue weighted by molar-refractivity contribution is -0.146. The predicted octanol–water partition coefficient (Wildman–Crippen LogP) is 2.49. The molecule has 1 amide bonds. The lowest BCUT2D eigenvalue weighted by atomic mass is 10.1. The van der Waals surface area contributed by atoms with Crippen LogP contribution in [0.2, 0.25) is 0 Å². The van der Waals surface area contributed by atoms with Gasteiger partial charge in [-0.2, -0.15) is 0 Å². The van der Waals surface area contributed by atoms with E-state index in [0.717, 1.165) is 23.5 Å². The average molecular weight is 298 g/mol. The van der Waals surface area contributed by atoms with Crippen LogP contribution < -0.4 is 0 Å². The molecule has 0 aliphatic carbocycles. The summed E-state index contributed by atoms with van der Waals surface area (Å²) in [6.45, 7) is 5.57. The van der Waals surface area contributed by atoms with E-state index in [1.165, 1.54) is 4.90 Å². The van der Waals surface area contributed by atoms with E-state index in [0.29, 0.717) is 12.8 Å². The van der Waals surface area contributed by atoms with E-state index in [9.17, 15) is 9.59 Å². The summed E-state index contributed by atoms with van der Waals surface area (Å²) in [6, 6.07) is -0.0416. The maximum absolute atomic E-state index is 12.1. The Kier molecular flexibility index (Phi) is 6.64. The maximum Gasteiger partial charge on any atom is 0.323 e. The normalized spacial score (nSPS) is 12.2. The zero-order chi connectivity index (χ0) is 15.1. The Bertz CT molecular complexity index is 459. The first kappa shape index (κ1) is 16.6. The minimum absolute atomic E-state index is 0.0416. The molecule has 1 unspecified atom stereocenters. The van der Waals surface area contributed by atoms with Crippen LogP contribution in [0.5, 0.6) is 0 Å². The van der Waals surface area contributed by atoms with Gasteiger partial charge < -0.3 is 10.0 Å². The van der Waals surface area contributed by atoms with Crippen molar-refractivity contribution in [1.82, 2.24) is 9.88 Å². The topological polar surface area (TPSA) is 70.5 Å². The SMILES string of the molecule is CCC(C)N(CC(=O)O)C(=O)CCCc1csc(C)n1. The Morgan fingerprint density at radius 1 is 1.50 bits per heavy atom. The first-order valence-electron chi connectivity index (χ1n) is 6.86. The highest BCUT2D eigenvalue weighted by Gasteiger charge is 2.20. The van der Waals surface area contributed by atoms with Crippen molar-refractivity contribution in [3.05, 3.63) is 16.1 Å². The van der Waals surface area contributed by atoms with Crippen molar-refractivity contribution in [3.8, 4) is 0 Å². The van der Waals surface area contributed by atoms with Crippen LogP contribution in [-0.2, 0) is 16.0 Å². The number of carboxylic acids is 1. The Labute approximate surface area is 123 Å². The Balaban J connectivity index is 2.47. The summed E-state index contributed by atoms with van der Waals surface area (Å²) < 4.78 is 0. The molecule has 0 fully saturated rings. The second-order valence-electron chi connectivity index (χ2n) is 4.88. The smallest absolute Gasteiger partial charge is 0.323 e. The molecule has 0 spiro atoms. The molecule has 5 nitrogen and oxygen atoms in total. The summed E-state index contributed by atoms with van der Waals surface area (Å²) in [4.78, 5) is 28.8. The van der Waals surface area contributed by atoms with Gasteiger partial charge in [0.15, 0.2) is 0 Å². The summed E-state index contributed by atoms with van der Waals surface area (Å²) in [5.41, 5.74) is 1.01. The molecule has 0 saturated heterocycles. The summed E-state index contributed by atoms with van der Waals surface area (Å²) in [7, 11) is 0. The third-order valence-corrected chi connectivity index (χ3v) is 4.06. The van der Waals surface area contributed by atoms with Crippen LogP contribution >= 0.6 is 11.3 Å². The van der Waals surface area contributed by atoms with Gasteiger partial charge in [-0.25, -0.2) is 4.98 Å². The van der Waals surface area contributed by atoms with E-state index in [-0.39, 0.29) is 18.5 Å². The summed E-state index contributed by atoms with van der Waals surface area (Å²) in [6.07, 6.45) is 2.59. The molecule has 1 rings (SSSR count). The van der Waals surface area contributed by atoms with Gasteiger partial charge in [-0.15, -0.1) is 11.3 Å². The van der Waals surface area contributed by atoms with Gasteiger partial charge in [-0.05, 0) is 33.1 Å². The van der Waals surface area contributed by atoms with Crippen molar-refractivity contribution in [1.29, 1.82) is 0 Å². The molecule has 0 radical (unpaired) electrons.